The van der Waals surface area contributed by atoms with E-state index in [4.69, 9.17) is 16.3 Å². The van der Waals surface area contributed by atoms with Gasteiger partial charge in [0.15, 0.2) is 15.9 Å². The van der Waals surface area contributed by atoms with Gasteiger partial charge in [-0.2, -0.15) is 0 Å². The molecule has 0 radical (unpaired) electrons. The van der Waals surface area contributed by atoms with Gasteiger partial charge in [-0.25, -0.2) is 9.37 Å². The van der Waals surface area contributed by atoms with Crippen LogP contribution in [0.4, 0.5) is 4.39 Å². The molecule has 28 heavy (non-hydrogen) atoms. The molecule has 0 saturated carbocycles. The van der Waals surface area contributed by atoms with Crippen LogP contribution in [0.2, 0.25) is 5.02 Å². The van der Waals surface area contributed by atoms with Crippen molar-refractivity contribution in [2.75, 3.05) is 0 Å². The summed E-state index contributed by atoms with van der Waals surface area (Å²) in [6.45, 7) is 0.159. The summed E-state index contributed by atoms with van der Waals surface area (Å²) in [6, 6.07) is 5.67. The molecule has 7 nitrogen and oxygen atoms in total. The highest BCUT2D eigenvalue weighted by molar-refractivity contribution is 7.98. The summed E-state index contributed by atoms with van der Waals surface area (Å²) in [5.41, 5.74) is 0.575. The molecule has 0 saturated heterocycles. The number of thioether (sulfide) groups is 1. The third-order valence-corrected chi connectivity index (χ3v) is 5.99. The van der Waals surface area contributed by atoms with Crippen LogP contribution in [0.5, 0.6) is 5.75 Å². The Kier molecular flexibility index (Phi) is 5.33. The largest absolute Gasteiger partial charge is 0.486 e. The molecule has 0 fully saturated rings. The highest BCUT2D eigenvalue weighted by atomic mass is 35.5. The number of hydrogen-bond donors (Lipinski definition) is 0. The van der Waals surface area contributed by atoms with Gasteiger partial charge in [-0.15, -0.1) is 21.5 Å². The number of aromatic nitrogens is 5. The SMILES string of the molecule is Cn1c(COc2ccc(F)c(Cl)c2)nnc1SCc1cc(=O)n2ccsc2n1. The third kappa shape index (κ3) is 3.89. The number of ether oxygens (including phenoxy) is 1. The molecule has 0 atom stereocenters. The molecule has 0 aliphatic carbocycles. The molecule has 3 aromatic heterocycles. The van der Waals surface area contributed by atoms with Gasteiger partial charge in [0.05, 0.1) is 10.7 Å². The summed E-state index contributed by atoms with van der Waals surface area (Å²) in [5, 5.41) is 10.8. The van der Waals surface area contributed by atoms with Crippen molar-refractivity contribution in [3.63, 3.8) is 0 Å². The van der Waals surface area contributed by atoms with Crippen molar-refractivity contribution in [2.24, 2.45) is 7.05 Å². The third-order valence-electron chi connectivity index (χ3n) is 3.89. The minimum Gasteiger partial charge on any atom is -0.486 e. The van der Waals surface area contributed by atoms with E-state index in [1.165, 1.54) is 51.8 Å². The minimum atomic E-state index is -0.500. The maximum atomic E-state index is 13.2. The van der Waals surface area contributed by atoms with Crippen molar-refractivity contribution in [3.8, 4) is 5.75 Å². The summed E-state index contributed by atoms with van der Waals surface area (Å²) < 4.78 is 22.1. The number of rotatable bonds is 6. The van der Waals surface area contributed by atoms with E-state index in [2.05, 4.69) is 15.2 Å². The molecule has 0 unspecified atom stereocenters. The van der Waals surface area contributed by atoms with Crippen molar-refractivity contribution in [1.29, 1.82) is 0 Å². The van der Waals surface area contributed by atoms with E-state index < -0.39 is 5.82 Å². The lowest BCUT2D eigenvalue weighted by Gasteiger charge is -2.07. The van der Waals surface area contributed by atoms with E-state index >= 15 is 0 Å². The Morgan fingerprint density at radius 3 is 3.00 bits per heavy atom. The zero-order chi connectivity index (χ0) is 19.7. The number of halogens is 2. The second-order valence-electron chi connectivity index (χ2n) is 5.75. The zero-order valence-electron chi connectivity index (χ0n) is 14.5. The van der Waals surface area contributed by atoms with E-state index in [0.29, 0.717) is 33.1 Å². The van der Waals surface area contributed by atoms with Gasteiger partial charge >= 0.3 is 0 Å². The number of hydrogen-bond acceptors (Lipinski definition) is 7. The molecular weight excluding hydrogens is 425 g/mol. The first-order chi connectivity index (χ1) is 13.5. The fourth-order valence-electron chi connectivity index (χ4n) is 2.41. The first-order valence-corrected chi connectivity index (χ1v) is 10.3. The highest BCUT2D eigenvalue weighted by Gasteiger charge is 2.12. The van der Waals surface area contributed by atoms with Crippen molar-refractivity contribution in [2.45, 2.75) is 17.5 Å². The molecule has 0 aliphatic heterocycles. The van der Waals surface area contributed by atoms with Crippen LogP contribution in [0.15, 0.2) is 45.8 Å². The van der Waals surface area contributed by atoms with Crippen molar-refractivity contribution < 1.29 is 9.13 Å². The molecule has 1 aromatic carbocycles. The van der Waals surface area contributed by atoms with Gasteiger partial charge < -0.3 is 9.30 Å². The second kappa shape index (κ2) is 7.90. The Balaban J connectivity index is 1.42. The van der Waals surface area contributed by atoms with Crippen LogP contribution in [0.1, 0.15) is 11.5 Å². The van der Waals surface area contributed by atoms with E-state index in [-0.39, 0.29) is 17.2 Å². The summed E-state index contributed by atoms with van der Waals surface area (Å²) in [7, 11) is 1.82. The molecule has 0 N–H and O–H groups in total. The first-order valence-electron chi connectivity index (χ1n) is 8.06. The maximum absolute atomic E-state index is 13.2. The fourth-order valence-corrected chi connectivity index (χ4v) is 4.14. The summed E-state index contributed by atoms with van der Waals surface area (Å²) >= 11 is 8.59. The Morgan fingerprint density at radius 1 is 1.32 bits per heavy atom. The minimum absolute atomic E-state index is 0.00201. The lowest BCUT2D eigenvalue weighted by Crippen LogP contribution is -2.12. The maximum Gasteiger partial charge on any atom is 0.258 e. The topological polar surface area (TPSA) is 74.3 Å². The van der Waals surface area contributed by atoms with Gasteiger partial charge in [0, 0.05) is 36.5 Å². The molecule has 144 valence electrons. The predicted molar refractivity (Wildman–Crippen MR) is 106 cm³/mol. The van der Waals surface area contributed by atoms with E-state index in [1.807, 2.05) is 12.4 Å². The van der Waals surface area contributed by atoms with Crippen LogP contribution in [0, 0.1) is 5.82 Å². The molecule has 3 heterocycles. The lowest BCUT2D eigenvalue weighted by atomic mass is 10.3. The van der Waals surface area contributed by atoms with Gasteiger partial charge in [-0.1, -0.05) is 23.4 Å². The lowest BCUT2D eigenvalue weighted by molar-refractivity contribution is 0.290. The highest BCUT2D eigenvalue weighted by Crippen LogP contribution is 2.23. The standard InChI is InChI=1S/C17H13ClFN5O2S2/c1-23-14(8-26-11-2-3-13(19)12(18)7-11)21-22-17(23)28-9-10-6-15(25)24-4-5-27-16(24)20-10/h2-7H,8-9H2,1H3. The van der Waals surface area contributed by atoms with Crippen LogP contribution in [0.25, 0.3) is 4.96 Å². The Bertz CT molecular complexity index is 1210. The Morgan fingerprint density at radius 2 is 2.18 bits per heavy atom. The van der Waals surface area contributed by atoms with Gasteiger partial charge in [0.25, 0.3) is 5.56 Å². The van der Waals surface area contributed by atoms with Crippen LogP contribution in [-0.2, 0) is 19.4 Å². The van der Waals surface area contributed by atoms with Crippen LogP contribution >= 0.6 is 34.7 Å². The predicted octanol–water partition coefficient (Wildman–Crippen LogP) is 3.55. The molecule has 4 aromatic rings. The average molecular weight is 438 g/mol. The quantitative estimate of drug-likeness (QED) is 0.429. The van der Waals surface area contributed by atoms with Gasteiger partial charge in [0.1, 0.15) is 18.2 Å². The summed E-state index contributed by atoms with van der Waals surface area (Å²) in [4.78, 5) is 17.2. The average Bonchev–Trinajstić information content (AvgIpc) is 3.28. The zero-order valence-corrected chi connectivity index (χ0v) is 16.9. The van der Waals surface area contributed by atoms with E-state index in [9.17, 15) is 9.18 Å². The van der Waals surface area contributed by atoms with Crippen LogP contribution < -0.4 is 10.3 Å². The summed E-state index contributed by atoms with van der Waals surface area (Å²) in [5.74, 6) is 1.03. The number of benzene rings is 1. The molecule has 0 aliphatic rings. The van der Waals surface area contributed by atoms with Crippen molar-refractivity contribution >= 4 is 39.7 Å². The Hall–Kier alpha value is -2.43. The van der Waals surface area contributed by atoms with E-state index in [1.54, 1.807) is 10.8 Å². The molecular formula is C17H13ClFN5O2S2. The van der Waals surface area contributed by atoms with Crippen molar-refractivity contribution in [3.05, 3.63) is 68.6 Å². The number of fused-ring (bicyclic) bond motifs is 1. The van der Waals surface area contributed by atoms with Gasteiger partial charge in [-0.05, 0) is 12.1 Å². The molecule has 4 rings (SSSR count). The second-order valence-corrected chi connectivity index (χ2v) is 7.98. The normalized spacial score (nSPS) is 11.2. The fraction of sp³-hybridized carbons (Fsp3) is 0.176. The summed E-state index contributed by atoms with van der Waals surface area (Å²) in [6.07, 6.45) is 1.70. The monoisotopic (exact) mass is 437 g/mol. The van der Waals surface area contributed by atoms with Crippen LogP contribution in [-0.4, -0.2) is 24.1 Å². The molecule has 11 heteroatoms. The molecule has 0 amide bonds. The molecule has 0 bridgehead atoms. The van der Waals surface area contributed by atoms with Crippen molar-refractivity contribution in [1.82, 2.24) is 24.1 Å². The smallest absolute Gasteiger partial charge is 0.258 e. The number of thiazole rings is 1. The van der Waals surface area contributed by atoms with Gasteiger partial charge in [-0.3, -0.25) is 9.20 Å². The van der Waals surface area contributed by atoms with Crippen LogP contribution in [0.3, 0.4) is 0 Å². The van der Waals surface area contributed by atoms with E-state index in [0.717, 1.165) is 0 Å². The number of nitrogens with zero attached hydrogens (tertiary/aromatic N) is 5. The Labute approximate surface area is 171 Å². The first kappa shape index (κ1) is 18.9. The van der Waals surface area contributed by atoms with Gasteiger partial charge in [0.2, 0.25) is 0 Å². The molecule has 0 spiro atoms.